The number of thiazole rings is 1. The van der Waals surface area contributed by atoms with E-state index in [0.717, 1.165) is 31.2 Å². The van der Waals surface area contributed by atoms with Crippen molar-refractivity contribution in [3.8, 4) is 0 Å². The average molecular weight is 416 g/mol. The fourth-order valence-electron chi connectivity index (χ4n) is 3.22. The van der Waals surface area contributed by atoms with Crippen LogP contribution in [0.25, 0.3) is 0 Å². The Morgan fingerprint density at radius 2 is 2.00 bits per heavy atom. The monoisotopic (exact) mass is 415 g/mol. The highest BCUT2D eigenvalue weighted by molar-refractivity contribution is 7.14. The van der Waals surface area contributed by atoms with Gasteiger partial charge in [-0.05, 0) is 63.9 Å². The first-order chi connectivity index (χ1) is 13.9. The molecule has 3 N–H and O–H groups in total. The largest absolute Gasteiger partial charge is 0.336 e. The van der Waals surface area contributed by atoms with Crippen LogP contribution in [0.4, 0.5) is 15.6 Å². The maximum Gasteiger partial charge on any atom is 0.319 e. The van der Waals surface area contributed by atoms with Gasteiger partial charge in [-0.3, -0.25) is 15.0 Å². The highest BCUT2D eigenvalue weighted by atomic mass is 32.1. The van der Waals surface area contributed by atoms with Crippen LogP contribution in [-0.2, 0) is 6.54 Å². The number of hydrogen-bond donors (Lipinski definition) is 3. The van der Waals surface area contributed by atoms with E-state index < -0.39 is 0 Å². The number of hydrogen-bond acceptors (Lipinski definition) is 5. The van der Waals surface area contributed by atoms with Crippen LogP contribution in [0, 0.1) is 5.92 Å². The van der Waals surface area contributed by atoms with Crippen molar-refractivity contribution in [2.75, 3.05) is 23.7 Å². The van der Waals surface area contributed by atoms with E-state index in [1.165, 1.54) is 24.2 Å². The number of amides is 3. The molecule has 1 aromatic heterocycles. The van der Waals surface area contributed by atoms with Gasteiger partial charge in [-0.1, -0.05) is 13.0 Å². The minimum atomic E-state index is -0.297. The lowest BCUT2D eigenvalue weighted by Crippen LogP contribution is -2.34. The number of benzene rings is 1. The van der Waals surface area contributed by atoms with Gasteiger partial charge in [0.2, 0.25) is 0 Å². The van der Waals surface area contributed by atoms with Gasteiger partial charge in [-0.15, -0.1) is 11.3 Å². The van der Waals surface area contributed by atoms with E-state index in [1.54, 1.807) is 24.3 Å². The predicted octanol–water partition coefficient (Wildman–Crippen LogP) is 4.16. The van der Waals surface area contributed by atoms with E-state index in [-0.39, 0.29) is 18.0 Å². The summed E-state index contributed by atoms with van der Waals surface area (Å²) in [5.74, 6) is 0.559. The molecule has 0 atom stereocenters. The molecule has 2 aromatic rings. The Morgan fingerprint density at radius 3 is 2.72 bits per heavy atom. The quantitative estimate of drug-likeness (QED) is 0.661. The van der Waals surface area contributed by atoms with Crippen LogP contribution in [0.3, 0.4) is 0 Å². The molecular weight excluding hydrogens is 386 g/mol. The van der Waals surface area contributed by atoms with Gasteiger partial charge in [0.15, 0.2) is 5.13 Å². The Bertz CT molecular complexity index is 843. The Balaban J connectivity index is 1.56. The van der Waals surface area contributed by atoms with Crippen molar-refractivity contribution in [1.29, 1.82) is 0 Å². The minimum absolute atomic E-state index is 0.0360. The van der Waals surface area contributed by atoms with Gasteiger partial charge in [0.1, 0.15) is 0 Å². The van der Waals surface area contributed by atoms with Gasteiger partial charge in [-0.2, -0.15) is 0 Å². The van der Waals surface area contributed by atoms with Crippen molar-refractivity contribution in [2.24, 2.45) is 5.92 Å². The number of carbonyl (C=O) groups excluding carboxylic acids is 2. The molecule has 2 heterocycles. The molecule has 156 valence electrons. The molecule has 1 saturated heterocycles. The maximum atomic E-state index is 12.6. The standard InChI is InChI=1S/C21H29N5O2S/c1-14(2)22-20(28)23-17-6-4-5-16(11-17)19(27)25-21-24-18(13-29-21)12-26-9-7-15(3)8-10-26/h4-6,11,13-15H,7-10,12H2,1-3H3,(H2,22,23,28)(H,24,25,27). The van der Waals surface area contributed by atoms with Crippen molar-refractivity contribution >= 4 is 34.1 Å². The lowest BCUT2D eigenvalue weighted by atomic mass is 9.99. The van der Waals surface area contributed by atoms with Crippen molar-refractivity contribution in [1.82, 2.24) is 15.2 Å². The van der Waals surface area contributed by atoms with Crippen LogP contribution < -0.4 is 16.0 Å². The fraction of sp³-hybridized carbons (Fsp3) is 0.476. The number of piperidine rings is 1. The van der Waals surface area contributed by atoms with Crippen molar-refractivity contribution in [3.63, 3.8) is 0 Å². The fourth-order valence-corrected chi connectivity index (χ4v) is 3.92. The second-order valence-electron chi connectivity index (χ2n) is 7.89. The molecule has 8 heteroatoms. The normalized spacial score (nSPS) is 15.3. The summed E-state index contributed by atoms with van der Waals surface area (Å²) in [6, 6.07) is 6.59. The highest BCUT2D eigenvalue weighted by Crippen LogP contribution is 2.21. The van der Waals surface area contributed by atoms with Crippen molar-refractivity contribution < 1.29 is 9.59 Å². The third kappa shape index (κ3) is 6.54. The van der Waals surface area contributed by atoms with Crippen LogP contribution in [0.15, 0.2) is 29.6 Å². The number of nitrogens with zero attached hydrogens (tertiary/aromatic N) is 2. The molecule has 0 radical (unpaired) electrons. The smallest absolute Gasteiger partial charge is 0.319 e. The average Bonchev–Trinajstić information content (AvgIpc) is 3.10. The van der Waals surface area contributed by atoms with E-state index in [9.17, 15) is 9.59 Å². The molecule has 0 bridgehead atoms. The van der Waals surface area contributed by atoms with Crippen LogP contribution in [0.1, 0.15) is 49.7 Å². The molecule has 3 amide bonds. The molecule has 1 aliphatic rings. The summed E-state index contributed by atoms with van der Waals surface area (Å²) in [6.07, 6.45) is 2.46. The van der Waals surface area contributed by atoms with Crippen LogP contribution in [0.2, 0.25) is 0 Å². The Labute approximate surface area is 175 Å². The van der Waals surface area contributed by atoms with Gasteiger partial charge in [0.05, 0.1) is 5.69 Å². The molecule has 1 aromatic carbocycles. The number of urea groups is 1. The van der Waals surface area contributed by atoms with Crippen molar-refractivity contribution in [2.45, 2.75) is 46.2 Å². The van der Waals surface area contributed by atoms with Gasteiger partial charge in [0.25, 0.3) is 5.91 Å². The molecule has 0 unspecified atom stereocenters. The molecule has 0 aliphatic carbocycles. The first-order valence-electron chi connectivity index (χ1n) is 10.0. The number of rotatable bonds is 6. The topological polar surface area (TPSA) is 86.4 Å². The summed E-state index contributed by atoms with van der Waals surface area (Å²) in [7, 11) is 0. The summed E-state index contributed by atoms with van der Waals surface area (Å²) >= 11 is 1.43. The van der Waals surface area contributed by atoms with Gasteiger partial charge in [0, 0.05) is 29.2 Å². The molecular formula is C21H29N5O2S. The molecule has 0 saturated carbocycles. The minimum Gasteiger partial charge on any atom is -0.336 e. The zero-order valence-electron chi connectivity index (χ0n) is 17.2. The van der Waals surface area contributed by atoms with Gasteiger partial charge < -0.3 is 10.6 Å². The zero-order valence-corrected chi connectivity index (χ0v) is 18.0. The second kappa shape index (κ2) is 9.84. The Kier molecular flexibility index (Phi) is 7.22. The van der Waals surface area contributed by atoms with Crippen molar-refractivity contribution in [3.05, 3.63) is 40.9 Å². The Morgan fingerprint density at radius 1 is 1.24 bits per heavy atom. The summed E-state index contributed by atoms with van der Waals surface area (Å²) in [5, 5.41) is 10.9. The number of anilines is 2. The molecule has 1 fully saturated rings. The van der Waals surface area contributed by atoms with Crippen LogP contribution in [0.5, 0.6) is 0 Å². The molecule has 0 spiro atoms. The maximum absolute atomic E-state index is 12.6. The number of carbonyl (C=O) groups is 2. The van der Waals surface area contributed by atoms with E-state index in [4.69, 9.17) is 0 Å². The molecule has 3 rings (SSSR count). The first kappa shape index (κ1) is 21.3. The molecule has 7 nitrogen and oxygen atoms in total. The Hall–Kier alpha value is -2.45. The van der Waals surface area contributed by atoms with E-state index in [1.807, 2.05) is 19.2 Å². The van der Waals surface area contributed by atoms with Gasteiger partial charge >= 0.3 is 6.03 Å². The summed E-state index contributed by atoms with van der Waals surface area (Å²) in [5.41, 5.74) is 2.02. The van der Waals surface area contributed by atoms with Crippen LogP contribution >= 0.6 is 11.3 Å². The summed E-state index contributed by atoms with van der Waals surface area (Å²) < 4.78 is 0. The second-order valence-corrected chi connectivity index (χ2v) is 8.75. The lowest BCUT2D eigenvalue weighted by molar-refractivity contribution is 0.102. The first-order valence-corrected chi connectivity index (χ1v) is 10.9. The summed E-state index contributed by atoms with van der Waals surface area (Å²) in [4.78, 5) is 31.4. The summed E-state index contributed by atoms with van der Waals surface area (Å²) in [6.45, 7) is 9.10. The number of nitrogens with one attached hydrogen (secondary N) is 3. The number of likely N-dealkylation sites (tertiary alicyclic amines) is 1. The van der Waals surface area contributed by atoms with E-state index in [0.29, 0.717) is 16.4 Å². The van der Waals surface area contributed by atoms with Crippen LogP contribution in [-0.4, -0.2) is 41.0 Å². The third-order valence-electron chi connectivity index (χ3n) is 4.84. The van der Waals surface area contributed by atoms with Gasteiger partial charge in [-0.25, -0.2) is 9.78 Å². The number of aromatic nitrogens is 1. The van der Waals surface area contributed by atoms with E-state index in [2.05, 4.69) is 32.8 Å². The van der Waals surface area contributed by atoms with E-state index >= 15 is 0 Å². The lowest BCUT2D eigenvalue weighted by Gasteiger charge is -2.29. The highest BCUT2D eigenvalue weighted by Gasteiger charge is 2.17. The molecule has 1 aliphatic heterocycles. The zero-order chi connectivity index (χ0) is 20.8. The SMILES string of the molecule is CC1CCN(Cc2csc(NC(=O)c3cccc(NC(=O)NC(C)C)c3)n2)CC1. The molecule has 29 heavy (non-hydrogen) atoms. The third-order valence-corrected chi connectivity index (χ3v) is 5.64. The predicted molar refractivity (Wildman–Crippen MR) is 117 cm³/mol.